The second-order valence-corrected chi connectivity index (χ2v) is 10.9. The average Bonchev–Trinajstić information content (AvgIpc) is 3.81. The van der Waals surface area contributed by atoms with Gasteiger partial charge in [-0.15, -0.1) is 5.53 Å². The monoisotopic (exact) mass is 583 g/mol. The Balaban J connectivity index is 1.45. The molecule has 2 aliphatic rings. The topological polar surface area (TPSA) is 141 Å². The Bertz CT molecular complexity index is 1820. The molecule has 1 fully saturated rings. The molecule has 44 heavy (non-hydrogen) atoms. The van der Waals surface area contributed by atoms with E-state index in [0.29, 0.717) is 45.0 Å². The molecular weight excluding hydrogens is 550 g/mol. The summed E-state index contributed by atoms with van der Waals surface area (Å²) in [5, 5.41) is 32.9. The van der Waals surface area contributed by atoms with Gasteiger partial charge >= 0.3 is 0 Å². The fraction of sp³-hybridized carbons (Fsp3) is 0.235. The Labute approximate surface area is 256 Å². The SMILES string of the molecule is CC[C@@H](Nc1c(C#N)cnc2c(C#N)cc(N[C@H](C3=CN(C4CC4)NN3)c3cccc(C(=O)NC)c3)cc12)c1ccccc1. The fourth-order valence-electron chi connectivity index (χ4n) is 5.54. The second-order valence-electron chi connectivity index (χ2n) is 10.9. The number of carbonyl (C=O) groups excluding carboxylic acids is 1. The van der Waals surface area contributed by atoms with Gasteiger partial charge in [-0.2, -0.15) is 10.5 Å². The van der Waals surface area contributed by atoms with Gasteiger partial charge in [0.1, 0.15) is 12.1 Å². The van der Waals surface area contributed by atoms with E-state index < -0.39 is 6.04 Å². The summed E-state index contributed by atoms with van der Waals surface area (Å²) in [7, 11) is 1.61. The summed E-state index contributed by atoms with van der Waals surface area (Å²) in [5.41, 5.74) is 12.5. The summed E-state index contributed by atoms with van der Waals surface area (Å²) in [6, 6.07) is 25.8. The van der Waals surface area contributed by atoms with Crippen molar-refractivity contribution in [3.8, 4) is 12.1 Å². The first-order valence-electron chi connectivity index (χ1n) is 14.7. The number of nitrogens with zero attached hydrogens (tertiary/aromatic N) is 4. The average molecular weight is 584 g/mol. The van der Waals surface area contributed by atoms with Gasteiger partial charge in [-0.05, 0) is 54.7 Å². The van der Waals surface area contributed by atoms with Crippen molar-refractivity contribution in [2.45, 2.75) is 44.3 Å². The second kappa shape index (κ2) is 12.3. The minimum atomic E-state index is -0.393. The van der Waals surface area contributed by atoms with Crippen LogP contribution in [0.1, 0.15) is 70.9 Å². The third kappa shape index (κ3) is 5.71. The molecule has 0 bridgehead atoms. The third-order valence-electron chi connectivity index (χ3n) is 8.02. The van der Waals surface area contributed by atoms with Crippen molar-refractivity contribution in [1.29, 1.82) is 10.5 Å². The van der Waals surface area contributed by atoms with Gasteiger partial charge in [0.15, 0.2) is 0 Å². The van der Waals surface area contributed by atoms with E-state index >= 15 is 0 Å². The zero-order chi connectivity index (χ0) is 30.6. The molecule has 0 unspecified atom stereocenters. The number of hydrazine groups is 2. The molecule has 6 rings (SSSR count). The zero-order valence-corrected chi connectivity index (χ0v) is 24.6. The van der Waals surface area contributed by atoms with Crippen LogP contribution < -0.4 is 26.9 Å². The van der Waals surface area contributed by atoms with Crippen LogP contribution in [0.2, 0.25) is 0 Å². The highest BCUT2D eigenvalue weighted by molar-refractivity contribution is 5.99. The Morgan fingerprint density at radius 3 is 2.50 bits per heavy atom. The van der Waals surface area contributed by atoms with Crippen LogP contribution in [0.3, 0.4) is 0 Å². The molecule has 220 valence electrons. The van der Waals surface area contributed by atoms with Crippen LogP contribution in [0.4, 0.5) is 11.4 Å². The van der Waals surface area contributed by atoms with E-state index in [1.54, 1.807) is 19.2 Å². The maximum Gasteiger partial charge on any atom is 0.251 e. The molecule has 1 aromatic heterocycles. The molecule has 2 heterocycles. The maximum atomic E-state index is 12.5. The number of nitrogens with one attached hydrogen (secondary N) is 5. The molecule has 1 aliphatic heterocycles. The minimum Gasteiger partial charge on any atom is -0.377 e. The van der Waals surface area contributed by atoms with Crippen LogP contribution in [-0.2, 0) is 0 Å². The highest BCUT2D eigenvalue weighted by atomic mass is 16.1. The van der Waals surface area contributed by atoms with Crippen molar-refractivity contribution in [2.75, 3.05) is 17.7 Å². The summed E-state index contributed by atoms with van der Waals surface area (Å²) in [6.07, 6.45) is 6.59. The van der Waals surface area contributed by atoms with E-state index in [0.717, 1.165) is 36.1 Å². The largest absolute Gasteiger partial charge is 0.377 e. The van der Waals surface area contributed by atoms with Crippen molar-refractivity contribution >= 4 is 28.2 Å². The Morgan fingerprint density at radius 1 is 1.02 bits per heavy atom. The lowest BCUT2D eigenvalue weighted by atomic mass is 9.99. The molecule has 1 saturated carbocycles. The summed E-state index contributed by atoms with van der Waals surface area (Å²) in [6.45, 7) is 2.09. The molecule has 0 saturated heterocycles. The van der Waals surface area contributed by atoms with E-state index in [1.165, 1.54) is 6.20 Å². The van der Waals surface area contributed by atoms with Crippen molar-refractivity contribution in [3.63, 3.8) is 0 Å². The van der Waals surface area contributed by atoms with E-state index in [9.17, 15) is 15.3 Å². The van der Waals surface area contributed by atoms with E-state index in [-0.39, 0.29) is 11.9 Å². The lowest BCUT2D eigenvalue weighted by Crippen LogP contribution is -2.38. The predicted octanol–water partition coefficient (Wildman–Crippen LogP) is 5.38. The van der Waals surface area contributed by atoms with Crippen molar-refractivity contribution in [3.05, 3.63) is 113 Å². The summed E-state index contributed by atoms with van der Waals surface area (Å²) in [5.74, 6) is -0.177. The van der Waals surface area contributed by atoms with Crippen LogP contribution in [0.5, 0.6) is 0 Å². The fourth-order valence-corrected chi connectivity index (χ4v) is 5.54. The standard InChI is InChI=1S/C34H33N9O/c1-3-29(21-8-5-4-6-9-21)40-32-25(18-36)19-38-31-24(17-35)15-26(16-28(31)32)39-33(30-20-43(42-41-30)27-12-13-27)22-10-7-11-23(14-22)34(44)37-2/h4-11,14-16,19-20,27,29,33,39,41-42H,3,12-13H2,1-2H3,(H,37,44)(H,38,40)/t29-,33+/m1/s1. The lowest BCUT2D eigenvalue weighted by molar-refractivity contribution is 0.0963. The first kappa shape index (κ1) is 28.5. The molecule has 10 heteroatoms. The molecule has 10 nitrogen and oxygen atoms in total. The Kier molecular flexibility index (Phi) is 8.00. The van der Waals surface area contributed by atoms with E-state index in [1.807, 2.05) is 48.7 Å². The summed E-state index contributed by atoms with van der Waals surface area (Å²) < 4.78 is 0. The summed E-state index contributed by atoms with van der Waals surface area (Å²) >= 11 is 0. The van der Waals surface area contributed by atoms with Crippen molar-refractivity contribution in [2.24, 2.45) is 0 Å². The highest BCUT2D eigenvalue weighted by Gasteiger charge is 2.32. The first-order valence-corrected chi connectivity index (χ1v) is 14.7. The molecule has 0 spiro atoms. The number of aromatic nitrogens is 1. The van der Waals surface area contributed by atoms with Gasteiger partial charge in [0, 0.05) is 42.1 Å². The van der Waals surface area contributed by atoms with Gasteiger partial charge in [-0.1, -0.05) is 49.4 Å². The van der Waals surface area contributed by atoms with Crippen LogP contribution in [0, 0.1) is 22.7 Å². The van der Waals surface area contributed by atoms with Gasteiger partial charge in [0.05, 0.1) is 40.1 Å². The summed E-state index contributed by atoms with van der Waals surface area (Å²) in [4.78, 5) is 17.0. The van der Waals surface area contributed by atoms with E-state index in [4.69, 9.17) is 0 Å². The van der Waals surface area contributed by atoms with Crippen molar-refractivity contribution in [1.82, 2.24) is 26.3 Å². The van der Waals surface area contributed by atoms with Gasteiger partial charge in [0.25, 0.3) is 5.91 Å². The number of fused-ring (bicyclic) bond motifs is 1. The third-order valence-corrected chi connectivity index (χ3v) is 8.02. The number of anilines is 2. The quantitative estimate of drug-likeness (QED) is 0.166. The van der Waals surface area contributed by atoms with Crippen LogP contribution in [-0.4, -0.2) is 29.0 Å². The predicted molar refractivity (Wildman–Crippen MR) is 170 cm³/mol. The van der Waals surface area contributed by atoms with Gasteiger partial charge in [0.2, 0.25) is 0 Å². The number of hydrogen-bond acceptors (Lipinski definition) is 9. The van der Waals surface area contributed by atoms with Gasteiger partial charge in [-0.25, -0.2) is 0 Å². The molecule has 0 radical (unpaired) electrons. The molecule has 4 aromatic rings. The van der Waals surface area contributed by atoms with Gasteiger partial charge < -0.3 is 21.4 Å². The number of carbonyl (C=O) groups is 1. The maximum absolute atomic E-state index is 12.5. The molecule has 5 N–H and O–H groups in total. The number of benzene rings is 3. The van der Waals surface area contributed by atoms with Crippen LogP contribution in [0.25, 0.3) is 10.9 Å². The number of hydrogen-bond donors (Lipinski definition) is 5. The highest BCUT2D eigenvalue weighted by Crippen LogP contribution is 2.37. The molecule has 1 amide bonds. The Hall–Kier alpha value is -5.58. The Morgan fingerprint density at radius 2 is 1.80 bits per heavy atom. The van der Waals surface area contributed by atoms with E-state index in [2.05, 4.69) is 68.1 Å². The first-order chi connectivity index (χ1) is 21.5. The molecular formula is C34H33N9O. The van der Waals surface area contributed by atoms with Crippen LogP contribution >= 0.6 is 0 Å². The molecule has 3 aromatic carbocycles. The number of rotatable bonds is 10. The number of nitriles is 2. The minimum absolute atomic E-state index is 0.0522. The zero-order valence-electron chi connectivity index (χ0n) is 24.6. The number of amides is 1. The van der Waals surface area contributed by atoms with Gasteiger partial charge in [-0.3, -0.25) is 14.8 Å². The smallest absolute Gasteiger partial charge is 0.251 e. The van der Waals surface area contributed by atoms with Crippen molar-refractivity contribution < 1.29 is 4.79 Å². The normalized spacial score (nSPS) is 15.4. The molecule has 2 atom stereocenters. The van der Waals surface area contributed by atoms with Crippen LogP contribution in [0.15, 0.2) is 84.8 Å². The molecule has 1 aliphatic carbocycles. The lowest BCUT2D eigenvalue weighted by Gasteiger charge is -2.24. The number of pyridine rings is 1.